The van der Waals surface area contributed by atoms with E-state index in [-0.39, 0.29) is 23.9 Å². The zero-order valence-electron chi connectivity index (χ0n) is 11.0. The van der Waals surface area contributed by atoms with Gasteiger partial charge in [0.2, 0.25) is 0 Å². The highest BCUT2D eigenvalue weighted by Crippen LogP contribution is 2.58. The quantitative estimate of drug-likeness (QED) is 0.289. The molecule has 4 heteroatoms. The van der Waals surface area contributed by atoms with E-state index in [1.807, 2.05) is 26.0 Å². The van der Waals surface area contributed by atoms with E-state index < -0.39 is 11.2 Å². The zero-order chi connectivity index (χ0) is 13.4. The van der Waals surface area contributed by atoms with Gasteiger partial charge >= 0.3 is 5.97 Å². The Morgan fingerprint density at radius 2 is 2.16 bits per heavy atom. The first-order valence-corrected chi connectivity index (χ1v) is 6.62. The van der Waals surface area contributed by atoms with Crippen LogP contribution in [0.2, 0.25) is 0 Å². The molecule has 2 aliphatic carbocycles. The molecule has 0 spiro atoms. The van der Waals surface area contributed by atoms with E-state index in [0.717, 1.165) is 12.0 Å². The van der Waals surface area contributed by atoms with E-state index >= 15 is 0 Å². The fraction of sp³-hybridized carbons (Fsp3) is 0.533. The summed E-state index contributed by atoms with van der Waals surface area (Å²) in [5.41, 5.74) is 0.570. The highest BCUT2D eigenvalue weighted by atomic mass is 17.2. The number of fused-ring (bicyclic) bond motifs is 1. The van der Waals surface area contributed by atoms with Gasteiger partial charge in [-0.1, -0.05) is 18.7 Å². The number of esters is 1. The van der Waals surface area contributed by atoms with Gasteiger partial charge in [-0.25, -0.2) is 14.6 Å². The lowest BCUT2D eigenvalue weighted by Crippen LogP contribution is -2.45. The van der Waals surface area contributed by atoms with Crippen molar-refractivity contribution in [3.05, 3.63) is 36.0 Å². The van der Waals surface area contributed by atoms with Gasteiger partial charge in [-0.15, -0.1) is 0 Å². The van der Waals surface area contributed by atoms with E-state index in [0.29, 0.717) is 5.57 Å². The number of allylic oxidation sites excluding steroid dienone is 1. The number of rotatable bonds is 0. The summed E-state index contributed by atoms with van der Waals surface area (Å²) < 4.78 is 5.59. The van der Waals surface area contributed by atoms with Crippen molar-refractivity contribution in [1.82, 2.24) is 0 Å². The summed E-state index contributed by atoms with van der Waals surface area (Å²) in [5.74, 6) is -0.293. The van der Waals surface area contributed by atoms with Crippen LogP contribution < -0.4 is 0 Å². The molecule has 19 heavy (non-hydrogen) atoms. The van der Waals surface area contributed by atoms with Gasteiger partial charge in [0.1, 0.15) is 11.7 Å². The molecule has 100 valence electrons. The van der Waals surface area contributed by atoms with Gasteiger partial charge in [0, 0.05) is 11.5 Å². The minimum atomic E-state index is -0.584. The van der Waals surface area contributed by atoms with Crippen molar-refractivity contribution >= 4 is 5.97 Å². The molecule has 2 bridgehead atoms. The molecule has 4 rings (SSSR count). The topological polar surface area (TPSA) is 44.8 Å². The van der Waals surface area contributed by atoms with Crippen LogP contribution in [0.15, 0.2) is 36.0 Å². The maximum Gasteiger partial charge on any atom is 0.334 e. The Morgan fingerprint density at radius 3 is 2.84 bits per heavy atom. The molecule has 4 unspecified atom stereocenters. The SMILES string of the molecule is C=C1C(=O)OC2C1CC=C(C)C13C=C[C@@](C)(OO1)C23. The monoisotopic (exact) mass is 260 g/mol. The van der Waals surface area contributed by atoms with Crippen LogP contribution in [0.1, 0.15) is 20.3 Å². The fourth-order valence-corrected chi connectivity index (χ4v) is 3.92. The second kappa shape index (κ2) is 3.19. The second-order valence-electron chi connectivity index (χ2n) is 6.08. The molecule has 4 nitrogen and oxygen atoms in total. The summed E-state index contributed by atoms with van der Waals surface area (Å²) in [6.07, 6.45) is 6.73. The van der Waals surface area contributed by atoms with Gasteiger partial charge in [0.25, 0.3) is 0 Å². The number of carbonyl (C=O) groups excluding carboxylic acids is 1. The van der Waals surface area contributed by atoms with E-state index in [4.69, 9.17) is 14.5 Å². The number of hydrogen-bond acceptors (Lipinski definition) is 4. The first-order valence-electron chi connectivity index (χ1n) is 6.62. The van der Waals surface area contributed by atoms with E-state index in [9.17, 15) is 4.79 Å². The Labute approximate surface area is 111 Å². The maximum absolute atomic E-state index is 11.8. The van der Waals surface area contributed by atoms with E-state index in [1.165, 1.54) is 0 Å². The van der Waals surface area contributed by atoms with Gasteiger partial charge in [-0.3, -0.25) is 0 Å². The summed E-state index contributed by atoms with van der Waals surface area (Å²) in [7, 11) is 0. The Bertz CT molecular complexity index is 560. The minimum absolute atomic E-state index is 0.0267. The van der Waals surface area contributed by atoms with Crippen molar-refractivity contribution in [3.63, 3.8) is 0 Å². The molecule has 2 saturated heterocycles. The molecule has 0 saturated carbocycles. The van der Waals surface area contributed by atoms with E-state index in [1.54, 1.807) is 0 Å². The molecule has 0 N–H and O–H groups in total. The summed E-state index contributed by atoms with van der Waals surface area (Å²) in [4.78, 5) is 23.0. The molecule has 0 radical (unpaired) electrons. The Morgan fingerprint density at radius 1 is 1.37 bits per heavy atom. The Hall–Kier alpha value is -1.39. The summed E-state index contributed by atoms with van der Waals surface area (Å²) in [6.45, 7) is 7.91. The summed E-state index contributed by atoms with van der Waals surface area (Å²) in [6, 6.07) is 0. The van der Waals surface area contributed by atoms with Gasteiger partial charge < -0.3 is 4.74 Å². The Balaban J connectivity index is 1.89. The lowest BCUT2D eigenvalue weighted by molar-refractivity contribution is -0.328. The molecular weight excluding hydrogens is 244 g/mol. The van der Waals surface area contributed by atoms with Crippen LogP contribution in [-0.4, -0.2) is 23.3 Å². The highest BCUT2D eigenvalue weighted by Gasteiger charge is 2.68. The average molecular weight is 260 g/mol. The molecule has 0 amide bonds. The first-order chi connectivity index (χ1) is 8.98. The predicted octanol–water partition coefficient (Wildman–Crippen LogP) is 2.08. The third-order valence-corrected chi connectivity index (χ3v) is 5.07. The van der Waals surface area contributed by atoms with Crippen LogP contribution in [0, 0.1) is 11.8 Å². The predicted molar refractivity (Wildman–Crippen MR) is 66.8 cm³/mol. The normalized spacial score (nSPS) is 50.6. The van der Waals surface area contributed by atoms with Crippen LogP contribution in [-0.2, 0) is 19.3 Å². The standard InChI is InChI=1S/C15H16O4/c1-8-4-5-10-9(2)13(16)17-11(10)12-14(3)6-7-15(8,12)19-18-14/h4,6-7,10-12H,2,5H2,1,3H3/t10?,11?,12?,14-,15?/m1/s1. The number of ether oxygens (including phenoxy) is 1. The maximum atomic E-state index is 11.8. The molecule has 5 atom stereocenters. The molecule has 2 aliphatic heterocycles. The van der Waals surface area contributed by atoms with E-state index in [2.05, 4.69) is 12.7 Å². The van der Waals surface area contributed by atoms with Crippen LogP contribution in [0.4, 0.5) is 0 Å². The summed E-state index contributed by atoms with van der Waals surface area (Å²) in [5, 5.41) is 0. The molecule has 0 aromatic rings. The zero-order valence-corrected chi connectivity index (χ0v) is 11.0. The van der Waals surface area contributed by atoms with Crippen molar-refractivity contribution in [2.24, 2.45) is 11.8 Å². The van der Waals surface area contributed by atoms with Crippen molar-refractivity contribution < 1.29 is 19.3 Å². The van der Waals surface area contributed by atoms with Crippen molar-refractivity contribution in [2.75, 3.05) is 0 Å². The third-order valence-electron chi connectivity index (χ3n) is 5.07. The molecular formula is C15H16O4. The molecule has 4 aliphatic rings. The van der Waals surface area contributed by atoms with Crippen molar-refractivity contribution in [1.29, 1.82) is 0 Å². The van der Waals surface area contributed by atoms with Crippen LogP contribution >= 0.6 is 0 Å². The number of hydrogen-bond donors (Lipinski definition) is 0. The first kappa shape index (κ1) is 11.4. The molecule has 0 aromatic heterocycles. The fourth-order valence-electron chi connectivity index (χ4n) is 3.92. The second-order valence-corrected chi connectivity index (χ2v) is 6.08. The van der Waals surface area contributed by atoms with Gasteiger partial charge in [-0.2, -0.15) is 0 Å². The smallest absolute Gasteiger partial charge is 0.334 e. The lowest BCUT2D eigenvalue weighted by Gasteiger charge is -2.32. The highest BCUT2D eigenvalue weighted by molar-refractivity contribution is 5.91. The summed E-state index contributed by atoms with van der Waals surface area (Å²) >= 11 is 0. The van der Waals surface area contributed by atoms with Gasteiger partial charge in [0.15, 0.2) is 5.60 Å². The van der Waals surface area contributed by atoms with Crippen LogP contribution in [0.3, 0.4) is 0 Å². The average Bonchev–Trinajstić information content (AvgIpc) is 2.91. The third kappa shape index (κ3) is 1.15. The van der Waals surface area contributed by atoms with Crippen molar-refractivity contribution in [3.8, 4) is 0 Å². The van der Waals surface area contributed by atoms with Gasteiger partial charge in [0.05, 0.1) is 5.92 Å². The lowest BCUT2D eigenvalue weighted by atomic mass is 9.74. The Kier molecular flexibility index (Phi) is 1.92. The minimum Gasteiger partial charge on any atom is -0.458 e. The van der Waals surface area contributed by atoms with Crippen LogP contribution in [0.25, 0.3) is 0 Å². The van der Waals surface area contributed by atoms with Gasteiger partial charge in [-0.05, 0) is 31.9 Å². The number of carbonyl (C=O) groups is 1. The van der Waals surface area contributed by atoms with Crippen molar-refractivity contribution in [2.45, 2.75) is 37.6 Å². The molecule has 2 heterocycles. The van der Waals surface area contributed by atoms with Crippen LogP contribution in [0.5, 0.6) is 0 Å². The molecule has 0 aromatic carbocycles. The molecule has 2 fully saturated rings. The largest absolute Gasteiger partial charge is 0.458 e.